The Morgan fingerprint density at radius 2 is 1.80 bits per heavy atom. The minimum atomic E-state index is 0.388. The monoisotopic (exact) mass is 287 g/mol. The van der Waals surface area contributed by atoms with Crippen molar-refractivity contribution < 1.29 is 0 Å². The van der Waals surface area contributed by atoms with E-state index in [1.54, 1.807) is 0 Å². The normalized spacial score (nSPS) is 11.2. The molecule has 6 heteroatoms. The van der Waals surface area contributed by atoms with Crippen molar-refractivity contribution in [2.75, 3.05) is 5.43 Å². The summed E-state index contributed by atoms with van der Waals surface area (Å²) in [5, 5.41) is 9.16. The molecule has 0 aliphatic heterocycles. The van der Waals surface area contributed by atoms with Gasteiger partial charge in [-0.1, -0.05) is 42.5 Å². The molecule has 0 aliphatic carbocycles. The quantitative estimate of drug-likeness (QED) is 0.801. The van der Waals surface area contributed by atoms with Gasteiger partial charge in [-0.25, -0.2) is 10.4 Å². The van der Waals surface area contributed by atoms with Crippen molar-refractivity contribution in [3.63, 3.8) is 0 Å². The zero-order valence-electron chi connectivity index (χ0n) is 11.2. The third kappa shape index (κ3) is 2.44. The van der Waals surface area contributed by atoms with Crippen LogP contribution >= 0.6 is 11.6 Å². The first-order valence-corrected chi connectivity index (χ1v) is 6.76. The van der Waals surface area contributed by atoms with Crippen LogP contribution in [0.2, 0.25) is 5.02 Å². The number of rotatable bonds is 3. The molecule has 0 bridgehead atoms. The molecule has 20 heavy (non-hydrogen) atoms. The molecule has 102 valence electrons. The van der Waals surface area contributed by atoms with Gasteiger partial charge in [0.15, 0.2) is 5.82 Å². The van der Waals surface area contributed by atoms with Crippen molar-refractivity contribution in [3.05, 3.63) is 47.1 Å². The standard InChI is InChI=1S/C14H14ClN5/c1-9(2)10-7-11(15)14(16-8-10)19-20-17-12-5-3-4-6-13(12)18-20/h3-9H,1-2H3,(H,16,19). The van der Waals surface area contributed by atoms with E-state index in [-0.39, 0.29) is 0 Å². The lowest BCUT2D eigenvalue weighted by Crippen LogP contribution is -2.14. The summed E-state index contributed by atoms with van der Waals surface area (Å²) in [7, 11) is 0. The Labute approximate surface area is 121 Å². The minimum Gasteiger partial charge on any atom is -0.242 e. The summed E-state index contributed by atoms with van der Waals surface area (Å²) in [6, 6.07) is 9.55. The van der Waals surface area contributed by atoms with Crippen LogP contribution in [0, 0.1) is 0 Å². The highest BCUT2D eigenvalue weighted by Gasteiger charge is 2.08. The Morgan fingerprint density at radius 1 is 1.15 bits per heavy atom. The molecule has 0 spiro atoms. The van der Waals surface area contributed by atoms with Crippen LogP contribution in [-0.4, -0.2) is 20.1 Å². The summed E-state index contributed by atoms with van der Waals surface area (Å²) in [4.78, 5) is 5.70. The number of benzene rings is 1. The molecule has 3 rings (SSSR count). The molecule has 2 aromatic heterocycles. The van der Waals surface area contributed by atoms with Gasteiger partial charge in [0.2, 0.25) is 0 Å². The summed E-state index contributed by atoms with van der Waals surface area (Å²) in [6.45, 7) is 4.20. The smallest absolute Gasteiger partial charge is 0.166 e. The first-order valence-electron chi connectivity index (χ1n) is 6.38. The highest BCUT2D eigenvalue weighted by molar-refractivity contribution is 6.32. The van der Waals surface area contributed by atoms with E-state index < -0.39 is 0 Å². The van der Waals surface area contributed by atoms with E-state index in [0.717, 1.165) is 16.6 Å². The van der Waals surface area contributed by atoms with Crippen LogP contribution in [0.3, 0.4) is 0 Å². The van der Waals surface area contributed by atoms with E-state index in [1.165, 1.54) is 4.91 Å². The van der Waals surface area contributed by atoms with Gasteiger partial charge < -0.3 is 0 Å². The van der Waals surface area contributed by atoms with E-state index >= 15 is 0 Å². The average molecular weight is 288 g/mol. The average Bonchev–Trinajstić information content (AvgIpc) is 2.83. The molecule has 2 heterocycles. The topological polar surface area (TPSA) is 55.6 Å². The molecular weight excluding hydrogens is 274 g/mol. The van der Waals surface area contributed by atoms with Crippen LogP contribution < -0.4 is 5.43 Å². The zero-order chi connectivity index (χ0) is 14.1. The maximum absolute atomic E-state index is 6.23. The van der Waals surface area contributed by atoms with E-state index in [4.69, 9.17) is 11.6 Å². The second-order valence-corrected chi connectivity index (χ2v) is 5.25. The van der Waals surface area contributed by atoms with Gasteiger partial charge in [-0.05, 0) is 29.7 Å². The number of fused-ring (bicyclic) bond motifs is 1. The molecule has 0 unspecified atom stereocenters. The third-order valence-electron chi connectivity index (χ3n) is 3.02. The Balaban J connectivity index is 1.90. The number of pyridine rings is 1. The predicted octanol–water partition coefficient (Wildman–Crippen LogP) is 3.48. The lowest BCUT2D eigenvalue weighted by atomic mass is 10.1. The molecule has 3 aromatic rings. The fourth-order valence-corrected chi connectivity index (χ4v) is 2.07. The van der Waals surface area contributed by atoms with Gasteiger partial charge in [-0.15, -0.1) is 10.2 Å². The lowest BCUT2D eigenvalue weighted by Gasteiger charge is -2.09. The number of aromatic nitrogens is 4. The van der Waals surface area contributed by atoms with Crippen LogP contribution in [-0.2, 0) is 0 Å². The lowest BCUT2D eigenvalue weighted by molar-refractivity contribution is 0.693. The molecule has 0 aliphatic rings. The van der Waals surface area contributed by atoms with Crippen molar-refractivity contribution in [3.8, 4) is 0 Å². The van der Waals surface area contributed by atoms with Crippen molar-refractivity contribution in [1.29, 1.82) is 0 Å². The molecular formula is C14H14ClN5. The van der Waals surface area contributed by atoms with E-state index in [2.05, 4.69) is 34.5 Å². The van der Waals surface area contributed by atoms with E-state index in [9.17, 15) is 0 Å². The van der Waals surface area contributed by atoms with Crippen LogP contribution in [0.25, 0.3) is 11.0 Å². The number of nitrogens with one attached hydrogen (secondary N) is 1. The maximum atomic E-state index is 6.23. The fraction of sp³-hybridized carbons (Fsp3) is 0.214. The second kappa shape index (κ2) is 5.09. The summed E-state index contributed by atoms with van der Waals surface area (Å²) in [5.41, 5.74) is 5.71. The molecule has 0 amide bonds. The Morgan fingerprint density at radius 3 is 2.35 bits per heavy atom. The fourth-order valence-electron chi connectivity index (χ4n) is 1.86. The van der Waals surface area contributed by atoms with E-state index in [1.807, 2.05) is 36.5 Å². The van der Waals surface area contributed by atoms with Gasteiger partial charge in [0, 0.05) is 6.20 Å². The molecule has 0 saturated carbocycles. The van der Waals surface area contributed by atoms with Crippen molar-refractivity contribution >= 4 is 28.5 Å². The van der Waals surface area contributed by atoms with Crippen LogP contribution in [0.1, 0.15) is 25.3 Å². The van der Waals surface area contributed by atoms with Gasteiger partial charge in [0.05, 0.1) is 5.02 Å². The zero-order valence-corrected chi connectivity index (χ0v) is 12.0. The summed E-state index contributed by atoms with van der Waals surface area (Å²) < 4.78 is 0. The summed E-state index contributed by atoms with van der Waals surface area (Å²) in [6.07, 6.45) is 1.81. The van der Waals surface area contributed by atoms with E-state index in [0.29, 0.717) is 16.8 Å². The molecule has 0 radical (unpaired) electrons. The van der Waals surface area contributed by atoms with Crippen LogP contribution in [0.15, 0.2) is 36.5 Å². The van der Waals surface area contributed by atoms with Gasteiger partial charge in [-0.3, -0.25) is 0 Å². The molecule has 0 atom stereocenters. The van der Waals surface area contributed by atoms with Crippen molar-refractivity contribution in [2.45, 2.75) is 19.8 Å². The number of nitrogens with zero attached hydrogens (tertiary/aromatic N) is 4. The number of hydrogen-bond acceptors (Lipinski definition) is 4. The molecule has 0 saturated heterocycles. The first-order chi connectivity index (χ1) is 9.63. The minimum absolute atomic E-state index is 0.388. The number of halogens is 1. The van der Waals surface area contributed by atoms with Crippen molar-refractivity contribution in [1.82, 2.24) is 20.1 Å². The molecule has 0 fully saturated rings. The van der Waals surface area contributed by atoms with Crippen LogP contribution in [0.4, 0.5) is 5.82 Å². The Hall–Kier alpha value is -2.14. The SMILES string of the molecule is CC(C)c1cnc(Nn2nc3ccccc3n2)c(Cl)c1. The summed E-state index contributed by atoms with van der Waals surface area (Å²) >= 11 is 6.23. The predicted molar refractivity (Wildman–Crippen MR) is 79.9 cm³/mol. The number of hydrogen-bond donors (Lipinski definition) is 1. The second-order valence-electron chi connectivity index (χ2n) is 4.84. The third-order valence-corrected chi connectivity index (χ3v) is 3.31. The maximum Gasteiger partial charge on any atom is 0.166 e. The van der Waals surface area contributed by atoms with Gasteiger partial charge in [-0.2, -0.15) is 0 Å². The molecule has 1 aromatic carbocycles. The van der Waals surface area contributed by atoms with Gasteiger partial charge >= 0.3 is 0 Å². The Bertz CT molecular complexity index is 717. The largest absolute Gasteiger partial charge is 0.242 e. The van der Waals surface area contributed by atoms with Gasteiger partial charge in [0.1, 0.15) is 11.0 Å². The number of anilines is 1. The van der Waals surface area contributed by atoms with Gasteiger partial charge in [0.25, 0.3) is 0 Å². The van der Waals surface area contributed by atoms with Crippen LogP contribution in [0.5, 0.6) is 0 Å². The molecule has 5 nitrogen and oxygen atoms in total. The Kier molecular flexibility index (Phi) is 3.28. The molecule has 1 N–H and O–H groups in total. The highest BCUT2D eigenvalue weighted by Crippen LogP contribution is 2.24. The summed E-state index contributed by atoms with van der Waals surface area (Å²) in [5.74, 6) is 0.927. The highest BCUT2D eigenvalue weighted by atomic mass is 35.5. The van der Waals surface area contributed by atoms with Crippen molar-refractivity contribution in [2.24, 2.45) is 0 Å². The first kappa shape index (κ1) is 12.9.